The standard InChI is InChI=1S/C26H48N2O4/c1-23(2)17-19(25(5,6)27(23)9)21(29)31-15-13-11-12-14-16-32-22(30)20-18-24(3,4)28(10)26(20,7)8/h19-20H,11-18H2,1-10H3. The van der Waals surface area contributed by atoms with E-state index in [0.717, 1.165) is 38.5 Å². The number of rotatable bonds is 9. The first-order chi connectivity index (χ1) is 14.5. The molecule has 0 radical (unpaired) electrons. The summed E-state index contributed by atoms with van der Waals surface area (Å²) >= 11 is 0. The molecule has 0 N–H and O–H groups in total. The van der Waals surface area contributed by atoms with Gasteiger partial charge in [0.05, 0.1) is 25.0 Å². The average molecular weight is 453 g/mol. The lowest BCUT2D eigenvalue weighted by Crippen LogP contribution is -2.48. The molecule has 6 heteroatoms. The van der Waals surface area contributed by atoms with Gasteiger partial charge >= 0.3 is 11.9 Å². The number of carbonyl (C=O) groups is 2. The quantitative estimate of drug-likeness (QED) is 0.375. The summed E-state index contributed by atoms with van der Waals surface area (Å²) in [5.41, 5.74) is -0.377. The third-order valence-corrected chi connectivity index (χ3v) is 8.75. The van der Waals surface area contributed by atoms with Gasteiger partial charge in [0.1, 0.15) is 0 Å². The number of likely N-dealkylation sites (tertiary alicyclic amines) is 2. The lowest BCUT2D eigenvalue weighted by Gasteiger charge is -2.37. The summed E-state index contributed by atoms with van der Waals surface area (Å²) in [6.45, 7) is 18.2. The van der Waals surface area contributed by atoms with Crippen molar-refractivity contribution in [2.75, 3.05) is 27.3 Å². The summed E-state index contributed by atoms with van der Waals surface area (Å²) in [7, 11) is 4.18. The fourth-order valence-corrected chi connectivity index (χ4v) is 5.65. The highest BCUT2D eigenvalue weighted by atomic mass is 16.5. The van der Waals surface area contributed by atoms with E-state index < -0.39 is 0 Å². The molecule has 186 valence electrons. The lowest BCUT2D eigenvalue weighted by atomic mass is 9.87. The van der Waals surface area contributed by atoms with E-state index in [0.29, 0.717) is 13.2 Å². The van der Waals surface area contributed by atoms with Crippen LogP contribution in [0, 0.1) is 11.8 Å². The predicted octanol–water partition coefficient (Wildman–Crippen LogP) is 4.65. The maximum Gasteiger partial charge on any atom is 0.310 e. The highest BCUT2D eigenvalue weighted by Gasteiger charge is 2.54. The molecule has 2 fully saturated rings. The smallest absolute Gasteiger partial charge is 0.310 e. The van der Waals surface area contributed by atoms with Crippen LogP contribution in [0.25, 0.3) is 0 Å². The van der Waals surface area contributed by atoms with Crippen LogP contribution in [0.5, 0.6) is 0 Å². The largest absolute Gasteiger partial charge is 0.465 e. The van der Waals surface area contributed by atoms with Crippen LogP contribution in [-0.4, -0.2) is 71.2 Å². The summed E-state index contributed by atoms with van der Waals surface area (Å²) < 4.78 is 11.2. The zero-order chi connectivity index (χ0) is 24.5. The van der Waals surface area contributed by atoms with Crippen molar-refractivity contribution in [1.82, 2.24) is 9.80 Å². The summed E-state index contributed by atoms with van der Waals surface area (Å²) in [6.07, 6.45) is 5.28. The van der Waals surface area contributed by atoms with E-state index in [1.165, 1.54) is 0 Å². The third-order valence-electron chi connectivity index (χ3n) is 8.75. The van der Waals surface area contributed by atoms with Crippen molar-refractivity contribution < 1.29 is 19.1 Å². The van der Waals surface area contributed by atoms with Crippen LogP contribution in [0.3, 0.4) is 0 Å². The Kier molecular flexibility index (Phi) is 8.14. The third kappa shape index (κ3) is 5.49. The van der Waals surface area contributed by atoms with Gasteiger partial charge in [0, 0.05) is 22.2 Å². The van der Waals surface area contributed by atoms with Crippen molar-refractivity contribution in [3.63, 3.8) is 0 Å². The van der Waals surface area contributed by atoms with Crippen LogP contribution in [-0.2, 0) is 19.1 Å². The van der Waals surface area contributed by atoms with Crippen LogP contribution >= 0.6 is 0 Å². The highest BCUT2D eigenvalue weighted by molar-refractivity contribution is 5.75. The van der Waals surface area contributed by atoms with Gasteiger partial charge in [0.25, 0.3) is 0 Å². The normalized spacial score (nSPS) is 28.6. The Morgan fingerprint density at radius 2 is 0.969 bits per heavy atom. The predicted molar refractivity (Wildman–Crippen MR) is 128 cm³/mol. The Morgan fingerprint density at radius 1 is 0.656 bits per heavy atom. The number of carbonyl (C=O) groups excluding carboxylic acids is 2. The number of hydrogen-bond donors (Lipinski definition) is 0. The molecule has 0 aromatic heterocycles. The van der Waals surface area contributed by atoms with Gasteiger partial charge in [-0.15, -0.1) is 0 Å². The zero-order valence-electron chi connectivity index (χ0n) is 22.3. The molecule has 2 aliphatic heterocycles. The van der Waals surface area contributed by atoms with E-state index in [9.17, 15) is 9.59 Å². The maximum atomic E-state index is 12.6. The molecule has 2 atom stereocenters. The molecule has 0 amide bonds. The molecular formula is C26H48N2O4. The minimum absolute atomic E-state index is 0.00347. The summed E-state index contributed by atoms with van der Waals surface area (Å²) in [6, 6.07) is 0. The average Bonchev–Trinajstić information content (AvgIpc) is 2.96. The van der Waals surface area contributed by atoms with E-state index in [-0.39, 0.29) is 45.9 Å². The van der Waals surface area contributed by atoms with E-state index in [1.54, 1.807) is 0 Å². The SMILES string of the molecule is CN1C(C)(C)CC(C(=O)OCCCCCCOC(=O)C2CC(C)(C)N(C)C2(C)C)C1(C)C. The molecule has 2 unspecified atom stereocenters. The maximum absolute atomic E-state index is 12.6. The molecule has 2 saturated heterocycles. The fraction of sp³-hybridized carbons (Fsp3) is 0.923. The first-order valence-corrected chi connectivity index (χ1v) is 12.4. The summed E-state index contributed by atoms with van der Waals surface area (Å²) in [5.74, 6) is -0.335. The van der Waals surface area contributed by atoms with E-state index in [1.807, 2.05) is 0 Å². The van der Waals surface area contributed by atoms with E-state index >= 15 is 0 Å². The second-order valence-corrected chi connectivity index (χ2v) is 12.3. The molecule has 0 saturated carbocycles. The second-order valence-electron chi connectivity index (χ2n) is 12.3. The minimum Gasteiger partial charge on any atom is -0.465 e. The van der Waals surface area contributed by atoms with Gasteiger partial charge in [-0.3, -0.25) is 19.4 Å². The second kappa shape index (κ2) is 9.61. The Hall–Kier alpha value is -1.14. The molecule has 0 aromatic rings. The van der Waals surface area contributed by atoms with Crippen molar-refractivity contribution >= 4 is 11.9 Å². The summed E-state index contributed by atoms with van der Waals surface area (Å²) in [5, 5.41) is 0. The summed E-state index contributed by atoms with van der Waals surface area (Å²) in [4.78, 5) is 29.9. The van der Waals surface area contributed by atoms with Crippen molar-refractivity contribution in [1.29, 1.82) is 0 Å². The van der Waals surface area contributed by atoms with Crippen LogP contribution in [0.2, 0.25) is 0 Å². The molecule has 2 rings (SSSR count). The zero-order valence-corrected chi connectivity index (χ0v) is 22.3. The van der Waals surface area contributed by atoms with Gasteiger partial charge in [-0.2, -0.15) is 0 Å². The van der Waals surface area contributed by atoms with Gasteiger partial charge < -0.3 is 9.47 Å². The van der Waals surface area contributed by atoms with Crippen molar-refractivity contribution in [2.24, 2.45) is 11.8 Å². The van der Waals surface area contributed by atoms with Crippen LogP contribution in [0.15, 0.2) is 0 Å². The minimum atomic E-state index is -0.192. The molecule has 0 aliphatic carbocycles. The van der Waals surface area contributed by atoms with Crippen LogP contribution in [0.1, 0.15) is 93.9 Å². The molecule has 0 aromatic carbocycles. The van der Waals surface area contributed by atoms with E-state index in [4.69, 9.17) is 9.47 Å². The molecule has 2 aliphatic rings. The Labute approximate surface area is 196 Å². The Morgan fingerprint density at radius 3 is 1.22 bits per heavy atom. The Balaban J connectivity index is 1.61. The van der Waals surface area contributed by atoms with Crippen LogP contribution < -0.4 is 0 Å². The van der Waals surface area contributed by atoms with Gasteiger partial charge in [-0.05, 0) is 108 Å². The molecule has 32 heavy (non-hydrogen) atoms. The van der Waals surface area contributed by atoms with Crippen molar-refractivity contribution in [2.45, 2.75) is 116 Å². The number of esters is 2. The lowest BCUT2D eigenvalue weighted by molar-refractivity contribution is -0.152. The first kappa shape index (κ1) is 27.1. The van der Waals surface area contributed by atoms with E-state index in [2.05, 4.69) is 79.3 Å². The van der Waals surface area contributed by atoms with Crippen molar-refractivity contribution in [3.05, 3.63) is 0 Å². The molecule has 6 nitrogen and oxygen atoms in total. The number of ether oxygens (including phenoxy) is 2. The van der Waals surface area contributed by atoms with Gasteiger partial charge in [0.15, 0.2) is 0 Å². The molecular weight excluding hydrogens is 404 g/mol. The van der Waals surface area contributed by atoms with Gasteiger partial charge in [0.2, 0.25) is 0 Å². The topological polar surface area (TPSA) is 59.1 Å². The monoisotopic (exact) mass is 452 g/mol. The number of unbranched alkanes of at least 4 members (excludes halogenated alkanes) is 3. The Bertz CT molecular complexity index is 625. The van der Waals surface area contributed by atoms with Gasteiger partial charge in [-0.25, -0.2) is 0 Å². The van der Waals surface area contributed by atoms with Crippen LogP contribution in [0.4, 0.5) is 0 Å². The first-order valence-electron chi connectivity index (χ1n) is 12.4. The molecule has 2 heterocycles. The number of hydrogen-bond acceptors (Lipinski definition) is 6. The molecule has 0 spiro atoms. The fourth-order valence-electron chi connectivity index (χ4n) is 5.65. The molecule has 0 bridgehead atoms. The number of nitrogens with zero attached hydrogens (tertiary/aromatic N) is 2. The highest BCUT2D eigenvalue weighted by Crippen LogP contribution is 2.45. The van der Waals surface area contributed by atoms with Gasteiger partial charge in [-0.1, -0.05) is 0 Å². The van der Waals surface area contributed by atoms with Crippen molar-refractivity contribution in [3.8, 4) is 0 Å².